The summed E-state index contributed by atoms with van der Waals surface area (Å²) in [6, 6.07) is 41.5. The molecule has 15 nitrogen and oxygen atoms in total. The number of carbonyl (C=O) groups is 4. The summed E-state index contributed by atoms with van der Waals surface area (Å²) in [5.74, 6) is 0.390. The zero-order valence-electron chi connectivity index (χ0n) is 40.2. The van der Waals surface area contributed by atoms with Crippen LogP contribution in [-0.2, 0) is 90.4 Å². The summed E-state index contributed by atoms with van der Waals surface area (Å²) >= 11 is 0. The molecule has 3 radical (unpaired) electrons. The molecular weight excluding hydrogens is 874 g/mol. The number of rotatable bonds is 9. The Morgan fingerprint density at radius 1 is 0.618 bits per heavy atom. The minimum atomic E-state index is -0.639. The smallest absolute Gasteiger partial charge is 0.793 e. The third-order valence-electron chi connectivity index (χ3n) is 9.58. The van der Waals surface area contributed by atoms with Crippen LogP contribution in [0, 0.1) is 0 Å². The molecule has 0 bridgehead atoms. The number of benzene rings is 4. The third kappa shape index (κ3) is 24.2. The predicted octanol–water partition coefficient (Wildman–Crippen LogP) is 3.52. The molecule has 0 aliphatic carbocycles. The van der Waals surface area contributed by atoms with Crippen molar-refractivity contribution >= 4 is 31.9 Å². The van der Waals surface area contributed by atoms with E-state index in [1.54, 1.807) is 6.92 Å². The molecule has 355 valence electrons. The number of nitrogens with zero attached hydrogens (tertiary/aromatic N) is 5. The van der Waals surface area contributed by atoms with Gasteiger partial charge in [0.25, 0.3) is 0 Å². The van der Waals surface area contributed by atoms with Crippen molar-refractivity contribution in [2.24, 2.45) is 0 Å². The van der Waals surface area contributed by atoms with Gasteiger partial charge >= 0.3 is 47.5 Å². The average Bonchev–Trinajstić information content (AvgIpc) is 3.95. The van der Waals surface area contributed by atoms with Crippen LogP contribution in [0.4, 0.5) is 0 Å². The summed E-state index contributed by atoms with van der Waals surface area (Å²) in [7, 11) is 4.32. The second kappa shape index (κ2) is 34.4. The van der Waals surface area contributed by atoms with E-state index >= 15 is 0 Å². The van der Waals surface area contributed by atoms with E-state index in [0.29, 0.717) is 6.61 Å². The molecule has 17 heteroatoms. The van der Waals surface area contributed by atoms with E-state index < -0.39 is 17.9 Å². The van der Waals surface area contributed by atoms with Crippen LogP contribution >= 0.6 is 0 Å². The van der Waals surface area contributed by atoms with E-state index in [1.165, 1.54) is 53.6 Å². The number of imidazole rings is 2. The van der Waals surface area contributed by atoms with E-state index in [4.69, 9.17) is 9.84 Å². The van der Waals surface area contributed by atoms with Crippen LogP contribution in [0.2, 0.25) is 0 Å². The SMILES string of the molecule is CC(=O)OCc1ccccc1.CC(=O)OOC(C)=O.CCO.[B-]OC(C)=O.[Na+].c1ccc(CCN2CCn3c(cnc3Cc3ccccc3)C2)cc1.c1ccc(Cc2ncc3n2CCNC3)cc1. The average molecular weight is 938 g/mol. The first-order chi connectivity index (χ1) is 32.4. The number of fused-ring (bicyclic) bond motifs is 2. The van der Waals surface area contributed by atoms with Crippen LogP contribution in [0.5, 0.6) is 0 Å². The molecule has 8 rings (SSSR count). The molecule has 68 heavy (non-hydrogen) atoms. The van der Waals surface area contributed by atoms with Crippen molar-refractivity contribution in [1.29, 1.82) is 0 Å². The van der Waals surface area contributed by atoms with Crippen LogP contribution in [0.25, 0.3) is 0 Å². The maximum Gasteiger partial charge on any atom is 1.00 e. The van der Waals surface area contributed by atoms with Gasteiger partial charge in [0.2, 0.25) is 5.97 Å². The van der Waals surface area contributed by atoms with E-state index in [-0.39, 0.29) is 42.1 Å². The Balaban J connectivity index is 0.000000314. The molecule has 2 aromatic heterocycles. The first-order valence-electron chi connectivity index (χ1n) is 22.0. The van der Waals surface area contributed by atoms with E-state index in [1.807, 2.05) is 36.5 Å². The van der Waals surface area contributed by atoms with Crippen molar-refractivity contribution in [3.05, 3.63) is 179 Å². The Labute approximate surface area is 423 Å². The van der Waals surface area contributed by atoms with Crippen molar-refractivity contribution < 1.29 is 73.0 Å². The van der Waals surface area contributed by atoms with Crippen LogP contribution in [0.1, 0.15) is 79.9 Å². The van der Waals surface area contributed by atoms with Crippen molar-refractivity contribution in [1.82, 2.24) is 29.3 Å². The fourth-order valence-corrected chi connectivity index (χ4v) is 6.52. The van der Waals surface area contributed by atoms with Crippen LogP contribution < -0.4 is 34.9 Å². The number of nitrogens with one attached hydrogen (secondary N) is 1. The molecule has 0 amide bonds. The second-order valence-electron chi connectivity index (χ2n) is 15.0. The Bertz CT molecular complexity index is 2300. The van der Waals surface area contributed by atoms with Gasteiger partial charge in [-0.15, -0.1) is 0 Å². The van der Waals surface area contributed by atoms with Crippen molar-refractivity contribution in [2.75, 3.05) is 26.2 Å². The third-order valence-corrected chi connectivity index (χ3v) is 9.58. The first kappa shape index (κ1) is 58.3. The zero-order chi connectivity index (χ0) is 48.7. The largest absolute Gasteiger partial charge is 1.00 e. The maximum absolute atomic E-state index is 10.4. The molecule has 0 unspecified atom stereocenters. The monoisotopic (exact) mass is 937 g/mol. The van der Waals surface area contributed by atoms with E-state index in [0.717, 1.165) is 84.5 Å². The van der Waals surface area contributed by atoms with Crippen LogP contribution in [0.3, 0.4) is 0 Å². The van der Waals surface area contributed by atoms with Gasteiger partial charge < -0.3 is 37.0 Å². The van der Waals surface area contributed by atoms with Gasteiger partial charge in [-0.25, -0.2) is 29.3 Å². The van der Waals surface area contributed by atoms with Gasteiger partial charge in [0.05, 0.1) is 11.4 Å². The summed E-state index contributed by atoms with van der Waals surface area (Å²) < 4.78 is 13.1. The predicted molar refractivity (Wildman–Crippen MR) is 256 cm³/mol. The fourth-order valence-electron chi connectivity index (χ4n) is 6.52. The summed E-state index contributed by atoms with van der Waals surface area (Å²) in [5, 5.41) is 10.9. The zero-order valence-corrected chi connectivity index (χ0v) is 42.2. The van der Waals surface area contributed by atoms with Gasteiger partial charge in [-0.2, -0.15) is 0 Å². The molecular formula is C51H63BN6NaO9. The van der Waals surface area contributed by atoms with E-state index in [2.05, 4.69) is 149 Å². The molecule has 2 aliphatic heterocycles. The van der Waals surface area contributed by atoms with Gasteiger partial charge in [-0.3, -0.25) is 14.5 Å². The van der Waals surface area contributed by atoms with Gasteiger partial charge in [0, 0.05) is 105 Å². The topological polar surface area (TPSA) is 176 Å². The number of hydrogen-bond donors (Lipinski definition) is 2. The number of aliphatic hydroxyl groups excluding tert-OH is 1. The number of hydrogen-bond acceptors (Lipinski definition) is 13. The number of aromatic nitrogens is 4. The van der Waals surface area contributed by atoms with E-state index in [9.17, 15) is 19.2 Å². The summed E-state index contributed by atoms with van der Waals surface area (Å²) in [4.78, 5) is 58.9. The number of ether oxygens (including phenoxy) is 1. The van der Waals surface area contributed by atoms with Crippen molar-refractivity contribution in [2.45, 2.75) is 86.7 Å². The Hall–Kier alpha value is -5.88. The van der Waals surface area contributed by atoms with Crippen LogP contribution in [-0.4, -0.2) is 87.3 Å². The molecule has 6 aromatic rings. The molecule has 2 aliphatic rings. The minimum absolute atomic E-state index is 0. The van der Waals surface area contributed by atoms with Gasteiger partial charge in [-0.05, 0) is 35.6 Å². The van der Waals surface area contributed by atoms with Gasteiger partial charge in [0.1, 0.15) is 18.3 Å². The molecule has 2 N–H and O–H groups in total. The number of carbonyl (C=O) groups excluding carboxylic acids is 4. The standard InChI is InChI=1S/C21H23N3.C13H15N3.C9H10O2.C4H6O4.C2H3BO2.C2H6O.Na/c1-3-7-18(8-4-1)11-12-23-13-14-24-20(17-23)16-22-21(24)15-19-9-5-2-6-10-19;1-2-4-11(5-3-1)8-13-15-10-12-9-14-6-7-16(12)13;1-8(10)11-7-9-5-3-2-4-6-9;1-3(5)7-8-4(2)6;1-2(4)5-3;1-2-3;/h1-10,16H,11-15,17H2;1-5,10,14H,6-9H2;2-6H,7H2,1H3;1-2H3;1H3;3H,2H2,1H3;/q;;;;-1;;+1. The quantitative estimate of drug-likeness (QED) is 0.0934. The summed E-state index contributed by atoms with van der Waals surface area (Å²) in [5.41, 5.74) is 7.74. The minimum Gasteiger partial charge on any atom is -0.793 e. The normalized spacial score (nSPS) is 11.8. The summed E-state index contributed by atoms with van der Waals surface area (Å²) in [6.07, 6.45) is 7.02. The van der Waals surface area contributed by atoms with Gasteiger partial charge in [-0.1, -0.05) is 121 Å². The molecule has 4 aromatic carbocycles. The summed E-state index contributed by atoms with van der Waals surface area (Å²) in [6.45, 7) is 14.5. The molecule has 0 atom stereocenters. The Morgan fingerprint density at radius 2 is 1.04 bits per heavy atom. The molecule has 0 saturated carbocycles. The number of aliphatic hydroxyl groups is 1. The number of esters is 1. The fraction of sp³-hybridized carbons (Fsp3) is 0.333. The molecule has 4 heterocycles. The van der Waals surface area contributed by atoms with Crippen molar-refractivity contribution in [3.63, 3.8) is 0 Å². The Kier molecular flexibility index (Phi) is 29.5. The molecule has 0 fully saturated rings. The molecule has 0 saturated heterocycles. The molecule has 0 spiro atoms. The maximum atomic E-state index is 10.4. The van der Waals surface area contributed by atoms with Crippen LogP contribution in [0.15, 0.2) is 134 Å². The first-order valence-corrected chi connectivity index (χ1v) is 22.0. The van der Waals surface area contributed by atoms with Crippen molar-refractivity contribution in [3.8, 4) is 0 Å². The van der Waals surface area contributed by atoms with Gasteiger partial charge in [0.15, 0.2) is 0 Å². The second-order valence-corrected chi connectivity index (χ2v) is 15.0. The Morgan fingerprint density at radius 3 is 1.49 bits per heavy atom.